The number of nitrogens with one attached hydrogen (secondary N) is 1. The number of ether oxygens (including phenoxy) is 1. The summed E-state index contributed by atoms with van der Waals surface area (Å²) in [5, 5.41) is 6.89. The number of aryl methyl sites for hydroxylation is 1. The van der Waals surface area contributed by atoms with Crippen molar-refractivity contribution in [3.05, 3.63) is 36.0 Å². The summed E-state index contributed by atoms with van der Waals surface area (Å²) >= 11 is 0. The summed E-state index contributed by atoms with van der Waals surface area (Å²) in [4.78, 5) is 18.7. The van der Waals surface area contributed by atoms with Crippen LogP contribution in [0.2, 0.25) is 0 Å². The van der Waals surface area contributed by atoms with Gasteiger partial charge in [-0.3, -0.25) is 9.69 Å². The highest BCUT2D eigenvalue weighted by atomic mass is 16.5. The van der Waals surface area contributed by atoms with Crippen LogP contribution >= 0.6 is 0 Å². The molecule has 1 saturated heterocycles. The third kappa shape index (κ3) is 4.79. The number of piperidine rings is 1. The number of amides is 1. The number of carbonyl (C=O) groups is 1. The van der Waals surface area contributed by atoms with Gasteiger partial charge < -0.3 is 14.6 Å². The predicted molar refractivity (Wildman–Crippen MR) is 93.5 cm³/mol. The number of hydrogen-bond acceptors (Lipinski definition) is 6. The van der Waals surface area contributed by atoms with E-state index >= 15 is 0 Å². The SMILES string of the molecule is COc1ccccc1NC(=O)CN1CCC(Cc2noc(C)n2)CC1. The lowest BCUT2D eigenvalue weighted by atomic mass is 9.93. The lowest BCUT2D eigenvalue weighted by Crippen LogP contribution is -2.39. The fourth-order valence-corrected chi connectivity index (χ4v) is 3.17. The molecule has 0 saturated carbocycles. The molecule has 7 heteroatoms. The molecule has 2 heterocycles. The monoisotopic (exact) mass is 344 g/mol. The highest BCUT2D eigenvalue weighted by Crippen LogP contribution is 2.24. The predicted octanol–water partition coefficient (Wildman–Crippen LogP) is 2.28. The van der Waals surface area contributed by atoms with Gasteiger partial charge in [-0.1, -0.05) is 17.3 Å². The number of hydrogen-bond donors (Lipinski definition) is 1. The number of likely N-dealkylation sites (tertiary alicyclic amines) is 1. The minimum absolute atomic E-state index is 0.0169. The van der Waals surface area contributed by atoms with Crippen molar-refractivity contribution in [3.63, 3.8) is 0 Å². The van der Waals surface area contributed by atoms with Crippen molar-refractivity contribution in [1.82, 2.24) is 15.0 Å². The van der Waals surface area contributed by atoms with Crippen LogP contribution in [0, 0.1) is 12.8 Å². The van der Waals surface area contributed by atoms with Crippen molar-refractivity contribution in [2.24, 2.45) is 5.92 Å². The molecule has 1 N–H and O–H groups in total. The zero-order valence-corrected chi connectivity index (χ0v) is 14.7. The van der Waals surface area contributed by atoms with Crippen molar-refractivity contribution >= 4 is 11.6 Å². The molecule has 7 nitrogen and oxygen atoms in total. The van der Waals surface area contributed by atoms with Crippen LogP contribution in [0.3, 0.4) is 0 Å². The van der Waals surface area contributed by atoms with E-state index in [1.165, 1.54) is 0 Å². The number of benzene rings is 1. The summed E-state index contributed by atoms with van der Waals surface area (Å²) in [5.41, 5.74) is 0.706. The van der Waals surface area contributed by atoms with Gasteiger partial charge in [0, 0.05) is 13.3 Å². The second-order valence-corrected chi connectivity index (χ2v) is 6.40. The summed E-state index contributed by atoms with van der Waals surface area (Å²) in [6, 6.07) is 7.43. The van der Waals surface area contributed by atoms with E-state index in [4.69, 9.17) is 9.26 Å². The van der Waals surface area contributed by atoms with Crippen molar-refractivity contribution in [3.8, 4) is 5.75 Å². The van der Waals surface area contributed by atoms with Crippen LogP contribution in [-0.2, 0) is 11.2 Å². The van der Waals surface area contributed by atoms with E-state index < -0.39 is 0 Å². The number of para-hydroxylation sites is 2. The van der Waals surface area contributed by atoms with Crippen molar-refractivity contribution < 1.29 is 14.1 Å². The first-order valence-corrected chi connectivity index (χ1v) is 8.58. The molecular weight excluding hydrogens is 320 g/mol. The highest BCUT2D eigenvalue weighted by molar-refractivity contribution is 5.93. The molecule has 0 bridgehead atoms. The third-order valence-electron chi connectivity index (χ3n) is 4.50. The van der Waals surface area contributed by atoms with Gasteiger partial charge in [0.15, 0.2) is 5.82 Å². The van der Waals surface area contributed by atoms with Crippen LogP contribution in [0.25, 0.3) is 0 Å². The molecule has 1 amide bonds. The number of aromatic nitrogens is 2. The molecule has 0 spiro atoms. The molecule has 1 aromatic heterocycles. The number of anilines is 1. The molecule has 0 atom stereocenters. The van der Waals surface area contributed by atoms with Crippen molar-refractivity contribution in [2.45, 2.75) is 26.2 Å². The van der Waals surface area contributed by atoms with Gasteiger partial charge in [0.25, 0.3) is 0 Å². The molecule has 1 fully saturated rings. The molecular formula is C18H24N4O3. The quantitative estimate of drug-likeness (QED) is 0.866. The number of methoxy groups -OCH3 is 1. The molecule has 1 aliphatic heterocycles. The molecule has 1 aromatic carbocycles. The molecule has 0 aliphatic carbocycles. The maximum atomic E-state index is 12.3. The average Bonchev–Trinajstić information content (AvgIpc) is 3.02. The first-order chi connectivity index (χ1) is 12.1. The van der Waals surface area contributed by atoms with Crippen LogP contribution in [-0.4, -0.2) is 47.7 Å². The molecule has 1 aliphatic rings. The van der Waals surface area contributed by atoms with Gasteiger partial charge in [-0.25, -0.2) is 0 Å². The van der Waals surface area contributed by atoms with Crippen LogP contribution in [0.4, 0.5) is 5.69 Å². The molecule has 0 unspecified atom stereocenters. The van der Waals surface area contributed by atoms with Gasteiger partial charge in [-0.05, 0) is 44.0 Å². The minimum atomic E-state index is -0.0169. The van der Waals surface area contributed by atoms with E-state index in [0.29, 0.717) is 29.8 Å². The molecule has 3 rings (SSSR count). The zero-order valence-electron chi connectivity index (χ0n) is 14.7. The van der Waals surface area contributed by atoms with Gasteiger partial charge in [-0.2, -0.15) is 4.98 Å². The van der Waals surface area contributed by atoms with Crippen LogP contribution in [0.1, 0.15) is 24.6 Å². The Balaban J connectivity index is 1.44. The van der Waals surface area contributed by atoms with Crippen molar-refractivity contribution in [2.75, 3.05) is 32.1 Å². The smallest absolute Gasteiger partial charge is 0.238 e. The normalized spacial score (nSPS) is 15.9. The standard InChI is InChI=1S/C18H24N4O3/c1-13-19-17(21-25-13)11-14-7-9-22(10-8-14)12-18(23)20-15-5-3-4-6-16(15)24-2/h3-6,14H,7-12H2,1-2H3,(H,20,23). The lowest BCUT2D eigenvalue weighted by Gasteiger charge is -2.30. The van der Waals surface area contributed by atoms with E-state index in [-0.39, 0.29) is 5.91 Å². The summed E-state index contributed by atoms with van der Waals surface area (Å²) in [5.74, 6) is 2.59. The zero-order chi connectivity index (χ0) is 17.6. The summed E-state index contributed by atoms with van der Waals surface area (Å²) in [7, 11) is 1.60. The molecule has 134 valence electrons. The van der Waals surface area contributed by atoms with E-state index in [9.17, 15) is 4.79 Å². The second kappa shape index (κ2) is 8.11. The number of nitrogens with zero attached hydrogens (tertiary/aromatic N) is 3. The Bertz CT molecular complexity index is 708. The fraction of sp³-hybridized carbons (Fsp3) is 0.500. The highest BCUT2D eigenvalue weighted by Gasteiger charge is 2.22. The molecule has 0 radical (unpaired) electrons. The van der Waals surface area contributed by atoms with Gasteiger partial charge in [-0.15, -0.1) is 0 Å². The summed E-state index contributed by atoms with van der Waals surface area (Å²) < 4.78 is 10.3. The second-order valence-electron chi connectivity index (χ2n) is 6.40. The topological polar surface area (TPSA) is 80.5 Å². The fourth-order valence-electron chi connectivity index (χ4n) is 3.17. The van der Waals surface area contributed by atoms with E-state index in [2.05, 4.69) is 20.4 Å². The molecule has 2 aromatic rings. The summed E-state index contributed by atoms with van der Waals surface area (Å²) in [6.07, 6.45) is 2.92. The van der Waals surface area contributed by atoms with Gasteiger partial charge in [0.05, 0.1) is 19.3 Å². The maximum Gasteiger partial charge on any atom is 0.238 e. The first kappa shape index (κ1) is 17.4. The maximum absolute atomic E-state index is 12.3. The van der Waals surface area contributed by atoms with E-state index in [1.807, 2.05) is 24.3 Å². The van der Waals surface area contributed by atoms with Gasteiger partial charge in [0.1, 0.15) is 5.75 Å². The Labute approximate surface area is 147 Å². The van der Waals surface area contributed by atoms with Crippen LogP contribution in [0.5, 0.6) is 5.75 Å². The van der Waals surface area contributed by atoms with E-state index in [0.717, 1.165) is 38.2 Å². The minimum Gasteiger partial charge on any atom is -0.495 e. The Morgan fingerprint density at radius 2 is 2.12 bits per heavy atom. The Morgan fingerprint density at radius 3 is 2.80 bits per heavy atom. The lowest BCUT2D eigenvalue weighted by molar-refractivity contribution is -0.117. The van der Waals surface area contributed by atoms with Crippen molar-refractivity contribution in [1.29, 1.82) is 0 Å². The third-order valence-corrected chi connectivity index (χ3v) is 4.50. The Kier molecular flexibility index (Phi) is 5.65. The summed E-state index contributed by atoms with van der Waals surface area (Å²) in [6.45, 7) is 4.01. The number of rotatable bonds is 6. The molecule has 25 heavy (non-hydrogen) atoms. The largest absolute Gasteiger partial charge is 0.495 e. The van der Waals surface area contributed by atoms with E-state index in [1.54, 1.807) is 14.0 Å². The first-order valence-electron chi connectivity index (χ1n) is 8.58. The number of carbonyl (C=O) groups excluding carboxylic acids is 1. The van der Waals surface area contributed by atoms with Crippen LogP contribution < -0.4 is 10.1 Å². The Hall–Kier alpha value is -2.41. The van der Waals surface area contributed by atoms with Crippen LogP contribution in [0.15, 0.2) is 28.8 Å². The Morgan fingerprint density at radius 1 is 1.36 bits per heavy atom. The van der Waals surface area contributed by atoms with Gasteiger partial charge >= 0.3 is 0 Å². The van der Waals surface area contributed by atoms with Gasteiger partial charge in [0.2, 0.25) is 11.8 Å². The average molecular weight is 344 g/mol.